The molecule has 0 atom stereocenters. The third kappa shape index (κ3) is 2.31. The molecule has 1 aliphatic carbocycles. The van der Waals surface area contributed by atoms with Crippen LogP contribution in [-0.4, -0.2) is 13.7 Å². The quantitative estimate of drug-likeness (QED) is 0.864. The molecule has 1 aromatic carbocycles. The van der Waals surface area contributed by atoms with Crippen LogP contribution in [-0.2, 0) is 13.0 Å². The third-order valence-corrected chi connectivity index (χ3v) is 4.08. The van der Waals surface area contributed by atoms with Gasteiger partial charge in [0.1, 0.15) is 5.76 Å². The number of fused-ring (bicyclic) bond motifs is 1. The maximum atomic E-state index is 6.14. The number of rotatable bonds is 6. The minimum Gasteiger partial charge on any atom is -0.493 e. The third-order valence-electron chi connectivity index (χ3n) is 4.08. The van der Waals surface area contributed by atoms with Gasteiger partial charge in [-0.05, 0) is 49.4 Å². The number of nitrogens with one attached hydrogen (secondary N) is 1. The van der Waals surface area contributed by atoms with Crippen LogP contribution in [0.3, 0.4) is 0 Å². The van der Waals surface area contributed by atoms with E-state index >= 15 is 0 Å². The van der Waals surface area contributed by atoms with Crippen LogP contribution >= 0.6 is 0 Å². The standard InChI is InChI=1S/C17H23NO2/c1-4-11-8-13-16(12-6-7-12)15(10-18-5-2)20-17(13)14(9-11)19-3/h8-9,12,18H,4-7,10H2,1-3H3. The van der Waals surface area contributed by atoms with Gasteiger partial charge in [-0.1, -0.05) is 13.8 Å². The molecule has 0 unspecified atom stereocenters. The number of furan rings is 1. The van der Waals surface area contributed by atoms with Gasteiger partial charge in [-0.3, -0.25) is 0 Å². The molecule has 1 saturated carbocycles. The van der Waals surface area contributed by atoms with Gasteiger partial charge in [0, 0.05) is 10.9 Å². The van der Waals surface area contributed by atoms with E-state index in [0.717, 1.165) is 36.6 Å². The van der Waals surface area contributed by atoms with E-state index in [1.165, 1.54) is 29.4 Å². The molecule has 0 saturated heterocycles. The van der Waals surface area contributed by atoms with Crippen molar-refractivity contribution < 1.29 is 9.15 Å². The Kier molecular flexibility index (Phi) is 3.70. The van der Waals surface area contributed by atoms with Crippen LogP contribution in [0.15, 0.2) is 16.5 Å². The summed E-state index contributed by atoms with van der Waals surface area (Å²) in [7, 11) is 1.72. The van der Waals surface area contributed by atoms with Crippen LogP contribution in [0.5, 0.6) is 5.75 Å². The number of aryl methyl sites for hydroxylation is 1. The molecule has 0 aliphatic heterocycles. The Bertz CT molecular complexity index is 611. The van der Waals surface area contributed by atoms with Crippen LogP contribution in [0.25, 0.3) is 11.0 Å². The van der Waals surface area contributed by atoms with Crippen molar-refractivity contribution in [3.05, 3.63) is 29.0 Å². The van der Waals surface area contributed by atoms with E-state index in [4.69, 9.17) is 9.15 Å². The van der Waals surface area contributed by atoms with Crippen molar-refractivity contribution in [3.8, 4) is 5.75 Å². The predicted molar refractivity (Wildman–Crippen MR) is 81.5 cm³/mol. The first-order valence-electron chi connectivity index (χ1n) is 7.61. The summed E-state index contributed by atoms with van der Waals surface area (Å²) in [5.74, 6) is 2.64. The van der Waals surface area contributed by atoms with Crippen molar-refractivity contribution >= 4 is 11.0 Å². The summed E-state index contributed by atoms with van der Waals surface area (Å²) in [6, 6.07) is 4.38. The number of ether oxygens (including phenoxy) is 1. The first kappa shape index (κ1) is 13.5. The second kappa shape index (κ2) is 5.49. The fraction of sp³-hybridized carbons (Fsp3) is 0.529. The molecule has 3 rings (SSSR count). The van der Waals surface area contributed by atoms with E-state index in [1.54, 1.807) is 7.11 Å². The molecule has 3 nitrogen and oxygen atoms in total. The molecule has 108 valence electrons. The maximum Gasteiger partial charge on any atom is 0.176 e. The van der Waals surface area contributed by atoms with Crippen molar-refractivity contribution in [2.24, 2.45) is 0 Å². The number of hydrogen-bond acceptors (Lipinski definition) is 3. The highest BCUT2D eigenvalue weighted by Crippen LogP contribution is 2.48. The van der Waals surface area contributed by atoms with Gasteiger partial charge in [-0.25, -0.2) is 0 Å². The van der Waals surface area contributed by atoms with Crippen LogP contribution in [0.1, 0.15) is 49.5 Å². The lowest BCUT2D eigenvalue weighted by molar-refractivity contribution is 0.405. The van der Waals surface area contributed by atoms with E-state index in [2.05, 4.69) is 31.3 Å². The van der Waals surface area contributed by atoms with Gasteiger partial charge in [0.15, 0.2) is 11.3 Å². The Morgan fingerprint density at radius 1 is 1.30 bits per heavy atom. The monoisotopic (exact) mass is 273 g/mol. The summed E-state index contributed by atoms with van der Waals surface area (Å²) in [5, 5.41) is 4.64. The Labute approximate surface area is 120 Å². The highest BCUT2D eigenvalue weighted by molar-refractivity contribution is 5.89. The van der Waals surface area contributed by atoms with Crippen molar-refractivity contribution in [2.75, 3.05) is 13.7 Å². The van der Waals surface area contributed by atoms with E-state index in [1.807, 2.05) is 0 Å². The molecule has 0 amide bonds. The fourth-order valence-corrected chi connectivity index (χ4v) is 2.84. The second-order valence-electron chi connectivity index (χ2n) is 5.52. The van der Waals surface area contributed by atoms with Crippen molar-refractivity contribution in [3.63, 3.8) is 0 Å². The van der Waals surface area contributed by atoms with Crippen LogP contribution < -0.4 is 10.1 Å². The number of methoxy groups -OCH3 is 1. The summed E-state index contributed by atoms with van der Waals surface area (Å²) >= 11 is 0. The summed E-state index contributed by atoms with van der Waals surface area (Å²) in [6.45, 7) is 6.06. The SMILES string of the molecule is CCNCc1oc2c(OC)cc(CC)cc2c1C1CC1. The fourth-order valence-electron chi connectivity index (χ4n) is 2.84. The van der Waals surface area contributed by atoms with Gasteiger partial charge in [-0.2, -0.15) is 0 Å². The van der Waals surface area contributed by atoms with Crippen molar-refractivity contribution in [1.82, 2.24) is 5.32 Å². The molecule has 0 spiro atoms. The molecule has 2 aromatic rings. The summed E-state index contributed by atoms with van der Waals surface area (Å²) in [5.41, 5.74) is 3.64. The summed E-state index contributed by atoms with van der Waals surface area (Å²) in [6.07, 6.45) is 3.59. The average Bonchev–Trinajstić information content (AvgIpc) is 3.24. The summed E-state index contributed by atoms with van der Waals surface area (Å²) in [4.78, 5) is 0. The Morgan fingerprint density at radius 3 is 2.70 bits per heavy atom. The zero-order valence-corrected chi connectivity index (χ0v) is 12.6. The van der Waals surface area contributed by atoms with Gasteiger partial charge in [0.05, 0.1) is 13.7 Å². The van der Waals surface area contributed by atoms with E-state index in [9.17, 15) is 0 Å². The van der Waals surface area contributed by atoms with E-state index in [0.29, 0.717) is 5.92 Å². The molecular weight excluding hydrogens is 250 g/mol. The van der Waals surface area contributed by atoms with Gasteiger partial charge in [0.25, 0.3) is 0 Å². The highest BCUT2D eigenvalue weighted by atomic mass is 16.5. The molecule has 1 aliphatic rings. The molecule has 3 heteroatoms. The maximum absolute atomic E-state index is 6.14. The van der Waals surface area contributed by atoms with Gasteiger partial charge >= 0.3 is 0 Å². The second-order valence-corrected chi connectivity index (χ2v) is 5.52. The zero-order valence-electron chi connectivity index (χ0n) is 12.6. The first-order valence-corrected chi connectivity index (χ1v) is 7.61. The lowest BCUT2D eigenvalue weighted by atomic mass is 10.0. The highest BCUT2D eigenvalue weighted by Gasteiger charge is 2.31. The Balaban J connectivity index is 2.16. The zero-order chi connectivity index (χ0) is 14.1. The van der Waals surface area contributed by atoms with Crippen LogP contribution in [0.2, 0.25) is 0 Å². The first-order chi connectivity index (χ1) is 9.78. The van der Waals surface area contributed by atoms with Crippen molar-refractivity contribution in [1.29, 1.82) is 0 Å². The topological polar surface area (TPSA) is 34.4 Å². The van der Waals surface area contributed by atoms with Crippen LogP contribution in [0, 0.1) is 0 Å². The van der Waals surface area contributed by atoms with Crippen molar-refractivity contribution in [2.45, 2.75) is 45.6 Å². The molecule has 1 N–H and O–H groups in total. The smallest absolute Gasteiger partial charge is 0.176 e. The molecule has 0 radical (unpaired) electrons. The largest absolute Gasteiger partial charge is 0.493 e. The number of benzene rings is 1. The van der Waals surface area contributed by atoms with Gasteiger partial charge < -0.3 is 14.5 Å². The lowest BCUT2D eigenvalue weighted by Crippen LogP contribution is -2.12. The Hall–Kier alpha value is -1.48. The molecular formula is C17H23NO2. The Morgan fingerprint density at radius 2 is 2.10 bits per heavy atom. The van der Waals surface area contributed by atoms with E-state index < -0.39 is 0 Å². The molecule has 1 fully saturated rings. The predicted octanol–water partition coefficient (Wildman–Crippen LogP) is 3.99. The molecule has 20 heavy (non-hydrogen) atoms. The lowest BCUT2D eigenvalue weighted by Gasteiger charge is -2.04. The van der Waals surface area contributed by atoms with Crippen LogP contribution in [0.4, 0.5) is 0 Å². The average molecular weight is 273 g/mol. The summed E-state index contributed by atoms with van der Waals surface area (Å²) < 4.78 is 11.7. The van der Waals surface area contributed by atoms with E-state index in [-0.39, 0.29) is 0 Å². The molecule has 0 bridgehead atoms. The molecule has 1 aromatic heterocycles. The minimum absolute atomic E-state index is 0.682. The van der Waals surface area contributed by atoms with Gasteiger partial charge in [-0.15, -0.1) is 0 Å². The minimum atomic E-state index is 0.682. The number of hydrogen-bond donors (Lipinski definition) is 1. The molecule has 1 heterocycles. The van der Waals surface area contributed by atoms with Gasteiger partial charge in [0.2, 0.25) is 0 Å². The normalized spacial score (nSPS) is 14.9.